The number of carbonyl (C=O) groups is 1. The molecule has 0 aromatic heterocycles. The third-order valence-electron chi connectivity index (χ3n) is 3.14. The fraction of sp³-hybridized carbons (Fsp3) is 0.278. The fourth-order valence-electron chi connectivity index (χ4n) is 1.95. The standard InChI is InChI=1S/C9H7BrF2O2.C7H3BrF2O.C2H6O2/c10-8-6(9-13-1-2-14-9)3-5(11)4-7(8)12;8-7-4(3-11)1-5(9)2-6(7)10;3-1-2-4/h3-4,9H,1-2H2;1-3H;3-4H,1-2H2. The maximum atomic E-state index is 13.1. The van der Waals surface area contributed by atoms with Crippen LogP contribution in [0.4, 0.5) is 17.6 Å². The normalized spacial score (nSPS) is 13.2. The second-order valence-electron chi connectivity index (χ2n) is 5.22. The molecule has 0 bridgehead atoms. The van der Waals surface area contributed by atoms with Crippen LogP contribution in [-0.4, -0.2) is 42.9 Å². The van der Waals surface area contributed by atoms with Crippen LogP contribution < -0.4 is 0 Å². The lowest BCUT2D eigenvalue weighted by Crippen LogP contribution is -2.01. The van der Waals surface area contributed by atoms with Crippen LogP contribution in [0.2, 0.25) is 0 Å². The number of ether oxygens (including phenoxy) is 2. The fourth-order valence-corrected chi connectivity index (χ4v) is 2.69. The van der Waals surface area contributed by atoms with Gasteiger partial charge in [0.1, 0.15) is 23.3 Å². The molecule has 160 valence electrons. The Kier molecular flexibility index (Phi) is 11.5. The lowest BCUT2D eigenvalue weighted by atomic mass is 10.2. The van der Waals surface area contributed by atoms with E-state index >= 15 is 0 Å². The highest BCUT2D eigenvalue weighted by Crippen LogP contribution is 2.32. The molecule has 0 spiro atoms. The first-order valence-corrected chi connectivity index (χ1v) is 9.52. The molecule has 0 amide bonds. The number of rotatable bonds is 3. The third-order valence-corrected chi connectivity index (χ3v) is 4.82. The highest BCUT2D eigenvalue weighted by molar-refractivity contribution is 9.10. The van der Waals surface area contributed by atoms with E-state index in [0.29, 0.717) is 31.1 Å². The first kappa shape index (κ1) is 25.7. The minimum Gasteiger partial charge on any atom is -0.394 e. The zero-order valence-electron chi connectivity index (χ0n) is 14.7. The number of hydrogen-bond acceptors (Lipinski definition) is 5. The van der Waals surface area contributed by atoms with E-state index in [-0.39, 0.29) is 27.7 Å². The zero-order valence-corrected chi connectivity index (χ0v) is 17.9. The minimum atomic E-state index is -0.771. The molecule has 1 fully saturated rings. The highest BCUT2D eigenvalue weighted by atomic mass is 79.9. The predicted molar refractivity (Wildman–Crippen MR) is 102 cm³/mol. The second-order valence-corrected chi connectivity index (χ2v) is 6.81. The Morgan fingerprint density at radius 2 is 1.38 bits per heavy atom. The van der Waals surface area contributed by atoms with Crippen molar-refractivity contribution in [2.24, 2.45) is 0 Å². The molecular formula is C18H16Br2F4O5. The van der Waals surface area contributed by atoms with Crippen molar-refractivity contribution in [2.45, 2.75) is 6.29 Å². The van der Waals surface area contributed by atoms with E-state index in [2.05, 4.69) is 31.9 Å². The van der Waals surface area contributed by atoms with Gasteiger partial charge in [-0.1, -0.05) is 0 Å². The Labute approximate surface area is 180 Å². The minimum absolute atomic E-state index is 0.00565. The highest BCUT2D eigenvalue weighted by Gasteiger charge is 2.23. The molecule has 1 aliphatic rings. The first-order chi connectivity index (χ1) is 13.7. The van der Waals surface area contributed by atoms with Gasteiger partial charge in [0.25, 0.3) is 0 Å². The molecule has 2 N–H and O–H groups in total. The summed E-state index contributed by atoms with van der Waals surface area (Å²) in [6.45, 7) is 0.629. The van der Waals surface area contributed by atoms with Gasteiger partial charge < -0.3 is 19.7 Å². The van der Waals surface area contributed by atoms with Crippen LogP contribution in [0.1, 0.15) is 22.2 Å². The van der Waals surface area contributed by atoms with Crippen LogP contribution in [0.25, 0.3) is 0 Å². The maximum Gasteiger partial charge on any atom is 0.185 e. The predicted octanol–water partition coefficient (Wildman–Crippen LogP) is 4.28. The summed E-state index contributed by atoms with van der Waals surface area (Å²) in [6, 6.07) is 3.67. The third kappa shape index (κ3) is 8.11. The summed E-state index contributed by atoms with van der Waals surface area (Å²) < 4.78 is 61.4. The molecule has 1 aliphatic heterocycles. The van der Waals surface area contributed by atoms with Gasteiger partial charge in [-0.2, -0.15) is 0 Å². The van der Waals surface area contributed by atoms with E-state index in [9.17, 15) is 22.4 Å². The van der Waals surface area contributed by atoms with Gasteiger partial charge in [-0.25, -0.2) is 17.6 Å². The quantitative estimate of drug-likeness (QED) is 0.341. The van der Waals surface area contributed by atoms with E-state index in [0.717, 1.165) is 12.1 Å². The molecule has 2 aromatic rings. The molecule has 1 heterocycles. The van der Waals surface area contributed by atoms with E-state index in [1.807, 2.05) is 0 Å². The first-order valence-electron chi connectivity index (χ1n) is 7.94. The Hall–Kier alpha value is -1.37. The van der Waals surface area contributed by atoms with Gasteiger partial charge in [-0.05, 0) is 44.0 Å². The van der Waals surface area contributed by atoms with E-state index in [1.54, 1.807) is 0 Å². The lowest BCUT2D eigenvalue weighted by Gasteiger charge is -2.11. The summed E-state index contributed by atoms with van der Waals surface area (Å²) in [5.74, 6) is -2.82. The van der Waals surface area contributed by atoms with E-state index in [1.165, 1.54) is 6.07 Å². The van der Waals surface area contributed by atoms with E-state index < -0.39 is 29.6 Å². The Morgan fingerprint density at radius 3 is 1.86 bits per heavy atom. The van der Waals surface area contributed by atoms with Crippen LogP contribution >= 0.6 is 31.9 Å². The largest absolute Gasteiger partial charge is 0.394 e. The molecular weight excluding hydrogens is 532 g/mol. The Morgan fingerprint density at radius 1 is 0.897 bits per heavy atom. The summed E-state index contributed by atoms with van der Waals surface area (Å²) >= 11 is 5.82. The molecule has 11 heteroatoms. The number of aldehydes is 1. The van der Waals surface area contributed by atoms with Crippen molar-refractivity contribution in [2.75, 3.05) is 26.4 Å². The van der Waals surface area contributed by atoms with Gasteiger partial charge in [0.15, 0.2) is 12.6 Å². The van der Waals surface area contributed by atoms with Crippen molar-refractivity contribution in [3.8, 4) is 0 Å². The molecule has 0 radical (unpaired) electrons. The topological polar surface area (TPSA) is 76.0 Å². The number of aliphatic hydroxyl groups is 2. The number of aliphatic hydroxyl groups excluding tert-OH is 2. The molecule has 0 atom stereocenters. The van der Waals surface area contributed by atoms with E-state index in [4.69, 9.17) is 19.7 Å². The summed E-state index contributed by atoms with van der Waals surface area (Å²) in [5, 5.41) is 15.2. The average Bonchev–Trinajstić information content (AvgIpc) is 3.22. The second kappa shape index (κ2) is 13.0. The van der Waals surface area contributed by atoms with Crippen molar-refractivity contribution in [3.63, 3.8) is 0 Å². The summed E-state index contributed by atoms with van der Waals surface area (Å²) in [7, 11) is 0. The Balaban J connectivity index is 0.000000251. The number of halogens is 6. The maximum absolute atomic E-state index is 13.1. The summed E-state index contributed by atoms with van der Waals surface area (Å²) in [6.07, 6.45) is -0.287. The molecule has 3 rings (SSSR count). The number of carbonyl (C=O) groups excluding carboxylic acids is 1. The van der Waals surface area contributed by atoms with Crippen LogP contribution in [0.5, 0.6) is 0 Å². The zero-order chi connectivity index (χ0) is 22.0. The van der Waals surface area contributed by atoms with Gasteiger partial charge in [-0.15, -0.1) is 0 Å². The van der Waals surface area contributed by atoms with Gasteiger partial charge in [-0.3, -0.25) is 4.79 Å². The molecule has 0 aliphatic carbocycles. The molecule has 2 aromatic carbocycles. The average molecular weight is 548 g/mol. The molecule has 0 saturated carbocycles. The smallest absolute Gasteiger partial charge is 0.185 e. The Bertz CT molecular complexity index is 815. The monoisotopic (exact) mass is 546 g/mol. The molecule has 29 heavy (non-hydrogen) atoms. The van der Waals surface area contributed by atoms with Crippen molar-refractivity contribution < 1.29 is 42.0 Å². The SMILES string of the molecule is Fc1cc(F)c(Br)c(C2OCCO2)c1.O=Cc1cc(F)cc(F)c1Br.OCCO. The van der Waals surface area contributed by atoms with Gasteiger partial charge >= 0.3 is 0 Å². The molecule has 5 nitrogen and oxygen atoms in total. The van der Waals surface area contributed by atoms with Crippen molar-refractivity contribution in [3.05, 3.63) is 67.6 Å². The van der Waals surface area contributed by atoms with Crippen LogP contribution in [0, 0.1) is 23.3 Å². The number of benzene rings is 2. The van der Waals surface area contributed by atoms with Crippen LogP contribution in [0.15, 0.2) is 33.2 Å². The molecule has 0 unspecified atom stereocenters. The summed E-state index contributed by atoms with van der Waals surface area (Å²) in [5.41, 5.74) is 0.322. The van der Waals surface area contributed by atoms with Crippen molar-refractivity contribution in [1.82, 2.24) is 0 Å². The van der Waals surface area contributed by atoms with Crippen molar-refractivity contribution >= 4 is 38.1 Å². The number of hydrogen-bond donors (Lipinski definition) is 2. The lowest BCUT2D eigenvalue weighted by molar-refractivity contribution is -0.0450. The van der Waals surface area contributed by atoms with Crippen LogP contribution in [0.3, 0.4) is 0 Å². The van der Waals surface area contributed by atoms with Gasteiger partial charge in [0, 0.05) is 23.3 Å². The summed E-state index contributed by atoms with van der Waals surface area (Å²) in [4.78, 5) is 10.2. The van der Waals surface area contributed by atoms with Gasteiger partial charge in [0.05, 0.1) is 35.4 Å². The molecule has 1 saturated heterocycles. The van der Waals surface area contributed by atoms with Crippen LogP contribution in [-0.2, 0) is 9.47 Å². The van der Waals surface area contributed by atoms with Gasteiger partial charge in [0.2, 0.25) is 0 Å². The van der Waals surface area contributed by atoms with Crippen molar-refractivity contribution in [1.29, 1.82) is 0 Å².